The molecule has 2 atom stereocenters. The molecule has 0 fully saturated rings. The lowest BCUT2D eigenvalue weighted by atomic mass is 10.2. The summed E-state index contributed by atoms with van der Waals surface area (Å²) in [5.74, 6) is -0.0620. The Balaban J connectivity index is 2.48. The molecule has 0 saturated carbocycles. The molecule has 1 aromatic rings. The van der Waals surface area contributed by atoms with E-state index in [9.17, 15) is 4.79 Å². The number of nitrogens with one attached hydrogen (secondary N) is 1. The number of aromatic nitrogens is 1. The summed E-state index contributed by atoms with van der Waals surface area (Å²) in [6.45, 7) is 4.36. The van der Waals surface area contributed by atoms with E-state index in [4.69, 9.17) is 10.5 Å². The van der Waals surface area contributed by atoms with E-state index in [1.54, 1.807) is 18.4 Å². The molecule has 0 saturated heterocycles. The number of aryl methyl sites for hydroxylation is 1. The fraction of sp³-hybridized carbons (Fsp3) is 0.667. The molecule has 6 heteroatoms. The summed E-state index contributed by atoms with van der Waals surface area (Å²) in [5.41, 5.74) is 5.48. The lowest BCUT2D eigenvalue weighted by molar-refractivity contribution is -0.124. The highest BCUT2D eigenvalue weighted by Gasteiger charge is 2.16. The van der Waals surface area contributed by atoms with Crippen LogP contribution in [0.2, 0.25) is 0 Å². The van der Waals surface area contributed by atoms with E-state index in [1.165, 1.54) is 4.88 Å². The number of carbonyl (C=O) groups excluding carboxylic acids is 1. The van der Waals surface area contributed by atoms with Crippen molar-refractivity contribution in [2.45, 2.75) is 38.8 Å². The molecular formula is C12H21N3O2S. The van der Waals surface area contributed by atoms with Gasteiger partial charge in [0.15, 0.2) is 0 Å². The van der Waals surface area contributed by atoms with Crippen molar-refractivity contribution in [3.05, 3.63) is 16.1 Å². The van der Waals surface area contributed by atoms with Crippen LogP contribution in [0.5, 0.6) is 0 Å². The third-order valence-corrected chi connectivity index (χ3v) is 4.00. The molecule has 1 aromatic heterocycles. The van der Waals surface area contributed by atoms with Gasteiger partial charge < -0.3 is 15.8 Å². The molecule has 0 bridgehead atoms. The summed E-state index contributed by atoms with van der Waals surface area (Å²) in [7, 11) is 1.56. The Kier molecular flexibility index (Phi) is 6.24. The third-order valence-electron chi connectivity index (χ3n) is 2.68. The highest BCUT2D eigenvalue weighted by atomic mass is 32.1. The minimum atomic E-state index is -0.223. The van der Waals surface area contributed by atoms with Gasteiger partial charge in [-0.1, -0.05) is 6.92 Å². The van der Waals surface area contributed by atoms with Gasteiger partial charge in [-0.05, 0) is 13.3 Å². The van der Waals surface area contributed by atoms with E-state index in [-0.39, 0.29) is 24.5 Å². The molecule has 102 valence electrons. The number of hydrogen-bond acceptors (Lipinski definition) is 5. The second kappa shape index (κ2) is 7.45. The summed E-state index contributed by atoms with van der Waals surface area (Å²) in [5, 5.41) is 3.84. The minimum Gasteiger partial charge on any atom is -0.380 e. The molecular weight excluding hydrogens is 250 g/mol. The number of nitrogens with zero attached hydrogens (tertiary/aromatic N) is 1. The van der Waals surface area contributed by atoms with E-state index >= 15 is 0 Å². The van der Waals surface area contributed by atoms with Crippen molar-refractivity contribution in [1.82, 2.24) is 10.3 Å². The molecule has 1 heterocycles. The number of methoxy groups -OCH3 is 1. The van der Waals surface area contributed by atoms with Gasteiger partial charge in [0.25, 0.3) is 0 Å². The standard InChI is InChI=1S/C12H21N3O2S/c1-4-10-7-14-12(18-10)8(2)15-11(16)5-9(6-13)17-3/h7-9H,4-6,13H2,1-3H3,(H,15,16). The van der Waals surface area contributed by atoms with Crippen molar-refractivity contribution in [1.29, 1.82) is 0 Å². The molecule has 0 spiro atoms. The second-order valence-corrected chi connectivity index (χ2v) is 5.25. The molecule has 1 amide bonds. The van der Waals surface area contributed by atoms with Crippen molar-refractivity contribution in [3.63, 3.8) is 0 Å². The molecule has 0 aliphatic rings. The normalized spacial score (nSPS) is 14.2. The fourth-order valence-electron chi connectivity index (χ4n) is 1.52. The summed E-state index contributed by atoms with van der Waals surface area (Å²) >= 11 is 1.63. The van der Waals surface area contributed by atoms with Crippen LogP contribution in [0.3, 0.4) is 0 Å². The highest BCUT2D eigenvalue weighted by molar-refractivity contribution is 7.11. The van der Waals surface area contributed by atoms with Gasteiger partial charge in [0.2, 0.25) is 5.91 Å². The van der Waals surface area contributed by atoms with Crippen LogP contribution in [-0.2, 0) is 16.0 Å². The Bertz CT molecular complexity index is 377. The maximum absolute atomic E-state index is 11.8. The quantitative estimate of drug-likeness (QED) is 0.782. The smallest absolute Gasteiger partial charge is 0.223 e. The summed E-state index contributed by atoms with van der Waals surface area (Å²) in [6, 6.07) is -0.0712. The average molecular weight is 271 g/mol. The van der Waals surface area contributed by atoms with Gasteiger partial charge in [-0.25, -0.2) is 4.98 Å². The molecule has 2 unspecified atom stereocenters. The van der Waals surface area contributed by atoms with E-state index in [2.05, 4.69) is 17.2 Å². The van der Waals surface area contributed by atoms with Crippen LogP contribution in [0.25, 0.3) is 0 Å². The number of nitrogens with two attached hydrogens (primary N) is 1. The number of ether oxygens (including phenoxy) is 1. The van der Waals surface area contributed by atoms with Gasteiger partial charge in [-0.15, -0.1) is 11.3 Å². The van der Waals surface area contributed by atoms with Crippen LogP contribution in [0.15, 0.2) is 6.20 Å². The Morgan fingerprint density at radius 3 is 2.89 bits per heavy atom. The molecule has 0 aromatic carbocycles. The first-order valence-corrected chi connectivity index (χ1v) is 6.89. The second-order valence-electron chi connectivity index (χ2n) is 4.11. The highest BCUT2D eigenvalue weighted by Crippen LogP contribution is 2.20. The van der Waals surface area contributed by atoms with Crippen molar-refractivity contribution >= 4 is 17.2 Å². The lowest BCUT2D eigenvalue weighted by Gasteiger charge is -2.15. The topological polar surface area (TPSA) is 77.2 Å². The van der Waals surface area contributed by atoms with Crippen LogP contribution in [-0.4, -0.2) is 30.6 Å². The first kappa shape index (κ1) is 15.1. The first-order valence-electron chi connectivity index (χ1n) is 6.07. The summed E-state index contributed by atoms with van der Waals surface area (Å²) in [6.07, 6.45) is 2.89. The number of hydrogen-bond donors (Lipinski definition) is 2. The van der Waals surface area contributed by atoms with Crippen molar-refractivity contribution in [2.75, 3.05) is 13.7 Å². The summed E-state index contributed by atoms with van der Waals surface area (Å²) < 4.78 is 5.08. The average Bonchev–Trinajstić information content (AvgIpc) is 2.84. The van der Waals surface area contributed by atoms with Crippen LogP contribution in [0.4, 0.5) is 0 Å². The molecule has 1 rings (SSSR count). The summed E-state index contributed by atoms with van der Waals surface area (Å²) in [4.78, 5) is 17.3. The van der Waals surface area contributed by atoms with E-state index in [0.717, 1.165) is 11.4 Å². The number of rotatable bonds is 7. The predicted octanol–water partition coefficient (Wildman–Crippen LogP) is 1.25. The van der Waals surface area contributed by atoms with Gasteiger partial charge in [0, 0.05) is 24.7 Å². The zero-order chi connectivity index (χ0) is 13.5. The predicted molar refractivity (Wildman–Crippen MR) is 72.5 cm³/mol. The molecule has 0 aliphatic heterocycles. The largest absolute Gasteiger partial charge is 0.380 e. The third kappa shape index (κ3) is 4.36. The van der Waals surface area contributed by atoms with Crippen molar-refractivity contribution in [2.24, 2.45) is 5.73 Å². The Hall–Kier alpha value is -0.980. The van der Waals surface area contributed by atoms with Gasteiger partial charge in [0.1, 0.15) is 5.01 Å². The van der Waals surface area contributed by atoms with E-state index in [0.29, 0.717) is 6.54 Å². The lowest BCUT2D eigenvalue weighted by Crippen LogP contribution is -2.33. The minimum absolute atomic E-state index is 0.0620. The number of amides is 1. The van der Waals surface area contributed by atoms with Crippen LogP contribution >= 0.6 is 11.3 Å². The Labute approximate surface area is 112 Å². The van der Waals surface area contributed by atoms with Gasteiger partial charge in [-0.2, -0.15) is 0 Å². The zero-order valence-electron chi connectivity index (χ0n) is 11.1. The Morgan fingerprint density at radius 2 is 2.39 bits per heavy atom. The van der Waals surface area contributed by atoms with E-state index < -0.39 is 0 Å². The maximum atomic E-state index is 11.8. The van der Waals surface area contributed by atoms with Crippen LogP contribution in [0, 0.1) is 0 Å². The van der Waals surface area contributed by atoms with Crippen LogP contribution in [0.1, 0.15) is 36.2 Å². The van der Waals surface area contributed by atoms with Crippen molar-refractivity contribution < 1.29 is 9.53 Å². The molecule has 3 N–H and O–H groups in total. The van der Waals surface area contributed by atoms with Gasteiger partial charge in [0.05, 0.1) is 18.6 Å². The Morgan fingerprint density at radius 1 is 1.67 bits per heavy atom. The first-order chi connectivity index (χ1) is 8.60. The molecule has 18 heavy (non-hydrogen) atoms. The number of thiazole rings is 1. The molecule has 0 radical (unpaired) electrons. The zero-order valence-corrected chi connectivity index (χ0v) is 11.9. The maximum Gasteiger partial charge on any atom is 0.223 e. The van der Waals surface area contributed by atoms with Crippen molar-refractivity contribution in [3.8, 4) is 0 Å². The monoisotopic (exact) mass is 271 g/mol. The number of carbonyl (C=O) groups is 1. The van der Waals surface area contributed by atoms with Crippen LogP contribution < -0.4 is 11.1 Å². The molecule has 5 nitrogen and oxygen atoms in total. The van der Waals surface area contributed by atoms with Gasteiger partial charge >= 0.3 is 0 Å². The fourth-order valence-corrected chi connectivity index (χ4v) is 2.38. The van der Waals surface area contributed by atoms with E-state index in [1.807, 2.05) is 13.1 Å². The van der Waals surface area contributed by atoms with Gasteiger partial charge in [-0.3, -0.25) is 4.79 Å². The SMILES string of the molecule is CCc1cnc(C(C)NC(=O)CC(CN)OC)s1. The molecule has 0 aliphatic carbocycles.